The van der Waals surface area contributed by atoms with Crippen LogP contribution in [0.4, 0.5) is 14.5 Å². The van der Waals surface area contributed by atoms with Crippen LogP contribution in [0.5, 0.6) is 0 Å². The molecule has 4 nitrogen and oxygen atoms in total. The molecular formula is C9H9ClF2N2O2. The molecule has 0 saturated carbocycles. The number of nitrogens with two attached hydrogens (primary N) is 1. The molecule has 1 aromatic heterocycles. The Morgan fingerprint density at radius 2 is 2.31 bits per heavy atom. The quantitative estimate of drug-likeness (QED) is 0.661. The second kappa shape index (κ2) is 5.07. The number of esters is 1. The van der Waals surface area contributed by atoms with Gasteiger partial charge in [0.05, 0.1) is 23.4 Å². The highest BCUT2D eigenvalue weighted by Crippen LogP contribution is 2.30. The van der Waals surface area contributed by atoms with Crippen molar-refractivity contribution in [2.45, 2.75) is 13.3 Å². The van der Waals surface area contributed by atoms with Crippen LogP contribution < -0.4 is 5.73 Å². The largest absolute Gasteiger partial charge is 0.462 e. The summed E-state index contributed by atoms with van der Waals surface area (Å²) >= 11 is 5.55. The lowest BCUT2D eigenvalue weighted by molar-refractivity contribution is 0.0516. The summed E-state index contributed by atoms with van der Waals surface area (Å²) in [5, 5.41) is -0.201. The Balaban J connectivity index is 3.31. The van der Waals surface area contributed by atoms with E-state index in [1.807, 2.05) is 0 Å². The summed E-state index contributed by atoms with van der Waals surface area (Å²) in [4.78, 5) is 14.9. The molecule has 0 spiro atoms. The molecular weight excluding hydrogens is 242 g/mol. The van der Waals surface area contributed by atoms with E-state index in [-0.39, 0.29) is 17.4 Å². The minimum absolute atomic E-state index is 0.0564. The average Bonchev–Trinajstić information content (AvgIpc) is 2.21. The molecule has 0 amide bonds. The molecule has 0 bridgehead atoms. The number of pyridine rings is 1. The Morgan fingerprint density at radius 1 is 1.69 bits per heavy atom. The molecule has 0 aliphatic heterocycles. The van der Waals surface area contributed by atoms with E-state index in [1.54, 1.807) is 6.92 Å². The van der Waals surface area contributed by atoms with Crippen molar-refractivity contribution < 1.29 is 18.3 Å². The van der Waals surface area contributed by atoms with E-state index in [0.717, 1.165) is 6.20 Å². The number of alkyl halides is 2. The number of aromatic nitrogens is 1. The maximum absolute atomic E-state index is 12.6. The van der Waals surface area contributed by atoms with E-state index < -0.39 is 23.5 Å². The Labute approximate surface area is 95.4 Å². The van der Waals surface area contributed by atoms with Gasteiger partial charge in [0.25, 0.3) is 6.43 Å². The number of carbonyl (C=O) groups excluding carboxylic acids is 1. The summed E-state index contributed by atoms with van der Waals surface area (Å²) in [7, 11) is 0. The Kier molecular flexibility index (Phi) is 4.00. The summed E-state index contributed by atoms with van der Waals surface area (Å²) < 4.78 is 29.8. The van der Waals surface area contributed by atoms with E-state index in [2.05, 4.69) is 9.72 Å². The van der Waals surface area contributed by atoms with E-state index >= 15 is 0 Å². The molecule has 7 heteroatoms. The van der Waals surface area contributed by atoms with E-state index in [0.29, 0.717) is 0 Å². The molecule has 0 atom stereocenters. The Hall–Kier alpha value is -1.43. The van der Waals surface area contributed by atoms with Gasteiger partial charge in [0.1, 0.15) is 0 Å². The molecule has 0 aromatic carbocycles. The van der Waals surface area contributed by atoms with Gasteiger partial charge in [0.2, 0.25) is 0 Å². The smallest absolute Gasteiger partial charge is 0.340 e. The number of carbonyl (C=O) groups is 1. The van der Waals surface area contributed by atoms with Gasteiger partial charge in [0.15, 0.2) is 5.15 Å². The molecule has 1 aromatic rings. The Bertz CT molecular complexity index is 413. The van der Waals surface area contributed by atoms with Gasteiger partial charge >= 0.3 is 5.97 Å². The lowest BCUT2D eigenvalue weighted by Gasteiger charge is -2.10. The van der Waals surface area contributed by atoms with Crippen LogP contribution in [0.2, 0.25) is 5.15 Å². The van der Waals surface area contributed by atoms with Crippen molar-refractivity contribution in [3.63, 3.8) is 0 Å². The zero-order valence-corrected chi connectivity index (χ0v) is 9.09. The first kappa shape index (κ1) is 12.6. The van der Waals surface area contributed by atoms with Crippen molar-refractivity contribution in [2.24, 2.45) is 0 Å². The summed E-state index contributed by atoms with van der Waals surface area (Å²) in [6.07, 6.45) is -2.05. The first-order chi connectivity index (χ1) is 7.49. The molecule has 1 rings (SSSR count). The number of anilines is 1. The predicted octanol–water partition coefficient (Wildman–Crippen LogP) is 2.43. The van der Waals surface area contributed by atoms with Crippen LogP contribution in [0.25, 0.3) is 0 Å². The molecule has 0 radical (unpaired) electrons. The van der Waals surface area contributed by atoms with Crippen LogP contribution >= 0.6 is 11.6 Å². The fourth-order valence-electron chi connectivity index (χ4n) is 1.12. The van der Waals surface area contributed by atoms with Gasteiger partial charge in [-0.25, -0.2) is 18.6 Å². The summed E-state index contributed by atoms with van der Waals surface area (Å²) in [6, 6.07) is 0. The second-order valence-corrected chi connectivity index (χ2v) is 3.17. The van der Waals surface area contributed by atoms with Gasteiger partial charge < -0.3 is 10.5 Å². The van der Waals surface area contributed by atoms with E-state index in [4.69, 9.17) is 17.3 Å². The molecule has 0 saturated heterocycles. The van der Waals surface area contributed by atoms with Crippen molar-refractivity contribution in [1.82, 2.24) is 4.98 Å². The molecule has 0 aliphatic rings. The monoisotopic (exact) mass is 250 g/mol. The lowest BCUT2D eigenvalue weighted by Crippen LogP contribution is -2.13. The molecule has 1 heterocycles. The number of hydrogen-bond acceptors (Lipinski definition) is 4. The van der Waals surface area contributed by atoms with Crippen LogP contribution in [0, 0.1) is 0 Å². The topological polar surface area (TPSA) is 65.2 Å². The van der Waals surface area contributed by atoms with Gasteiger partial charge in [-0.2, -0.15) is 0 Å². The van der Waals surface area contributed by atoms with Gasteiger partial charge in [-0.1, -0.05) is 11.6 Å². The number of nitrogens with zero attached hydrogens (tertiary/aromatic N) is 1. The maximum Gasteiger partial charge on any atom is 0.340 e. The third-order valence-electron chi connectivity index (χ3n) is 1.81. The molecule has 0 aliphatic carbocycles. The third-order valence-corrected chi connectivity index (χ3v) is 2.11. The minimum Gasteiger partial charge on any atom is -0.462 e. The summed E-state index contributed by atoms with van der Waals surface area (Å²) in [5.74, 6) is -0.931. The number of nitrogen functional groups attached to an aromatic ring is 1. The fraction of sp³-hybridized carbons (Fsp3) is 0.333. The zero-order chi connectivity index (χ0) is 12.3. The number of hydrogen-bond donors (Lipinski definition) is 1. The van der Waals surface area contributed by atoms with Crippen LogP contribution in [-0.2, 0) is 4.74 Å². The van der Waals surface area contributed by atoms with Crippen LogP contribution in [0.3, 0.4) is 0 Å². The van der Waals surface area contributed by atoms with Crippen LogP contribution in [0.1, 0.15) is 29.3 Å². The van der Waals surface area contributed by atoms with Gasteiger partial charge in [-0.15, -0.1) is 0 Å². The molecule has 0 unspecified atom stereocenters. The first-order valence-corrected chi connectivity index (χ1v) is 4.76. The molecule has 16 heavy (non-hydrogen) atoms. The van der Waals surface area contributed by atoms with E-state index in [1.165, 1.54) is 0 Å². The maximum atomic E-state index is 12.6. The number of halogens is 3. The number of ether oxygens (including phenoxy) is 1. The first-order valence-electron chi connectivity index (χ1n) is 4.38. The molecule has 88 valence electrons. The number of rotatable bonds is 3. The van der Waals surface area contributed by atoms with Gasteiger partial charge in [0, 0.05) is 6.20 Å². The van der Waals surface area contributed by atoms with Crippen molar-refractivity contribution >= 4 is 23.3 Å². The molecule has 2 N–H and O–H groups in total. The highest BCUT2D eigenvalue weighted by Gasteiger charge is 2.24. The minimum atomic E-state index is -2.87. The second-order valence-electron chi connectivity index (χ2n) is 2.81. The SMILES string of the molecule is CCOC(=O)c1c(C(F)F)cnc(Cl)c1N. The van der Waals surface area contributed by atoms with Crippen LogP contribution in [0.15, 0.2) is 6.20 Å². The van der Waals surface area contributed by atoms with Crippen molar-refractivity contribution in [2.75, 3.05) is 12.3 Å². The standard InChI is InChI=1S/C9H9ClF2N2O2/c1-2-16-9(15)5-4(8(11)12)3-14-7(10)6(5)13/h3,8H,2,13H2,1H3. The lowest BCUT2D eigenvalue weighted by atomic mass is 10.1. The van der Waals surface area contributed by atoms with Crippen molar-refractivity contribution in [3.8, 4) is 0 Å². The highest BCUT2D eigenvalue weighted by molar-refractivity contribution is 6.32. The van der Waals surface area contributed by atoms with Gasteiger partial charge in [-0.3, -0.25) is 0 Å². The normalized spacial score (nSPS) is 10.6. The summed E-state index contributed by atoms with van der Waals surface area (Å²) in [5.41, 5.74) is 4.13. The average molecular weight is 251 g/mol. The molecule has 0 fully saturated rings. The van der Waals surface area contributed by atoms with Crippen molar-refractivity contribution in [3.05, 3.63) is 22.5 Å². The van der Waals surface area contributed by atoms with Crippen LogP contribution in [-0.4, -0.2) is 17.6 Å². The van der Waals surface area contributed by atoms with E-state index in [9.17, 15) is 13.6 Å². The predicted molar refractivity (Wildman–Crippen MR) is 54.6 cm³/mol. The zero-order valence-electron chi connectivity index (χ0n) is 8.34. The fourth-order valence-corrected chi connectivity index (χ4v) is 1.26. The van der Waals surface area contributed by atoms with Crippen molar-refractivity contribution in [1.29, 1.82) is 0 Å². The Morgan fingerprint density at radius 3 is 2.81 bits per heavy atom. The third kappa shape index (κ3) is 2.38. The highest BCUT2D eigenvalue weighted by atomic mass is 35.5. The van der Waals surface area contributed by atoms with Gasteiger partial charge in [-0.05, 0) is 6.92 Å². The summed E-state index contributed by atoms with van der Waals surface area (Å²) in [6.45, 7) is 1.61.